The normalized spacial score (nSPS) is 18.0. The van der Waals surface area contributed by atoms with Gasteiger partial charge in [0.05, 0.1) is 11.6 Å². The number of nitrogens with zero attached hydrogens (tertiary/aromatic N) is 2. The van der Waals surface area contributed by atoms with Crippen LogP contribution < -0.4 is 0 Å². The summed E-state index contributed by atoms with van der Waals surface area (Å²) in [6, 6.07) is 12.6. The molecule has 1 aromatic carbocycles. The highest BCUT2D eigenvalue weighted by Crippen LogP contribution is 2.42. The number of aliphatic hydroxyl groups is 1. The number of hydrogen-bond donors (Lipinski definition) is 2. The lowest BCUT2D eigenvalue weighted by Gasteiger charge is -2.24. The van der Waals surface area contributed by atoms with E-state index < -0.39 is 17.7 Å². The van der Waals surface area contributed by atoms with Crippen molar-refractivity contribution in [3.05, 3.63) is 93.6 Å². The lowest BCUT2D eigenvalue weighted by molar-refractivity contribution is -0.139. The number of nitrogens with one attached hydrogen (secondary N) is 1. The fraction of sp³-hybridized carbons (Fsp3) is 0.160. The van der Waals surface area contributed by atoms with Gasteiger partial charge in [0.25, 0.3) is 11.7 Å². The molecule has 1 amide bonds. The second kappa shape index (κ2) is 8.09. The Kier molecular flexibility index (Phi) is 5.11. The fourth-order valence-corrected chi connectivity index (χ4v) is 5.34. The molecule has 1 atom stereocenters. The lowest BCUT2D eigenvalue weighted by Crippen LogP contribution is -2.31. The van der Waals surface area contributed by atoms with E-state index in [1.807, 2.05) is 48.8 Å². The Balaban J connectivity index is 1.56. The smallest absolute Gasteiger partial charge is 0.295 e. The molecule has 1 fully saturated rings. The van der Waals surface area contributed by atoms with Gasteiger partial charge in [0.15, 0.2) is 0 Å². The van der Waals surface area contributed by atoms with Crippen LogP contribution in [0.15, 0.2) is 72.0 Å². The van der Waals surface area contributed by atoms with E-state index in [1.54, 1.807) is 29.4 Å². The van der Waals surface area contributed by atoms with Crippen molar-refractivity contribution < 1.29 is 14.7 Å². The quantitative estimate of drug-likeness (QED) is 0.268. The molecule has 1 saturated heterocycles. The molecule has 160 valence electrons. The molecule has 3 aromatic heterocycles. The molecule has 0 spiro atoms. The number of likely N-dealkylation sites (tertiary alicyclic amines) is 1. The maximum Gasteiger partial charge on any atom is 0.295 e. The molecular weight excluding hydrogens is 422 g/mol. The van der Waals surface area contributed by atoms with Crippen molar-refractivity contribution in [3.63, 3.8) is 0 Å². The largest absolute Gasteiger partial charge is 0.507 e. The van der Waals surface area contributed by atoms with Crippen molar-refractivity contribution in [1.29, 1.82) is 0 Å². The van der Waals surface area contributed by atoms with Crippen LogP contribution in [0.3, 0.4) is 0 Å². The van der Waals surface area contributed by atoms with Gasteiger partial charge in [-0.15, -0.1) is 11.3 Å². The highest BCUT2D eigenvalue weighted by atomic mass is 32.1. The summed E-state index contributed by atoms with van der Waals surface area (Å²) in [5.41, 5.74) is 3.70. The van der Waals surface area contributed by atoms with Gasteiger partial charge in [-0.3, -0.25) is 14.6 Å². The molecule has 0 radical (unpaired) electrons. The van der Waals surface area contributed by atoms with Crippen LogP contribution in [0.5, 0.6) is 0 Å². The minimum atomic E-state index is -0.656. The average Bonchev–Trinajstić information content (AvgIpc) is 3.49. The lowest BCUT2D eigenvalue weighted by atomic mass is 9.98. The first-order valence-electron chi connectivity index (χ1n) is 10.3. The third kappa shape index (κ3) is 3.31. The number of hydrogen-bond acceptors (Lipinski definition) is 5. The molecule has 2 N–H and O–H groups in total. The van der Waals surface area contributed by atoms with Crippen molar-refractivity contribution in [2.24, 2.45) is 0 Å². The molecule has 1 aliphatic heterocycles. The number of thiophene rings is 1. The number of rotatable bonds is 5. The summed E-state index contributed by atoms with van der Waals surface area (Å²) >= 11 is 1.49. The number of fused-ring (bicyclic) bond motifs is 1. The van der Waals surface area contributed by atoms with E-state index in [-0.39, 0.29) is 11.3 Å². The predicted molar refractivity (Wildman–Crippen MR) is 124 cm³/mol. The Morgan fingerprint density at radius 2 is 1.94 bits per heavy atom. The molecule has 0 bridgehead atoms. The number of aromatic nitrogens is 2. The number of pyridine rings is 1. The molecule has 0 saturated carbocycles. The zero-order valence-corrected chi connectivity index (χ0v) is 18.2. The maximum atomic E-state index is 13.1. The number of Topliss-reactive ketones (excluding diaryl/α,β-unsaturated/α-hetero) is 1. The van der Waals surface area contributed by atoms with Crippen LogP contribution >= 0.6 is 11.3 Å². The SMILES string of the molecule is Cc1ccsc1C1/C(=C(/O)c2ccncc2)C(=O)C(=O)N1CCc1c[nH]c2ccccc12. The van der Waals surface area contributed by atoms with Crippen molar-refractivity contribution in [1.82, 2.24) is 14.9 Å². The van der Waals surface area contributed by atoms with Gasteiger partial charge in [0.2, 0.25) is 0 Å². The number of aryl methyl sites for hydroxylation is 1. The van der Waals surface area contributed by atoms with Crippen LogP contribution in [-0.4, -0.2) is 38.2 Å². The van der Waals surface area contributed by atoms with E-state index in [4.69, 9.17) is 0 Å². The first-order chi connectivity index (χ1) is 15.6. The topological polar surface area (TPSA) is 86.3 Å². The molecular formula is C25H21N3O3S. The van der Waals surface area contributed by atoms with E-state index >= 15 is 0 Å². The number of benzene rings is 1. The number of aromatic amines is 1. The average molecular weight is 444 g/mol. The first kappa shape index (κ1) is 20.2. The number of H-pyrrole nitrogens is 1. The van der Waals surface area contributed by atoms with Gasteiger partial charge in [-0.05, 0) is 54.1 Å². The van der Waals surface area contributed by atoms with Gasteiger partial charge in [-0.2, -0.15) is 0 Å². The number of aliphatic hydroxyl groups excluding tert-OH is 1. The van der Waals surface area contributed by atoms with Crippen molar-refractivity contribution in [2.75, 3.05) is 6.54 Å². The van der Waals surface area contributed by atoms with E-state index in [1.165, 1.54) is 11.3 Å². The van der Waals surface area contributed by atoms with E-state index in [0.29, 0.717) is 18.5 Å². The molecule has 0 aliphatic carbocycles. The minimum absolute atomic E-state index is 0.130. The molecule has 32 heavy (non-hydrogen) atoms. The van der Waals surface area contributed by atoms with Crippen LogP contribution in [0.1, 0.15) is 27.6 Å². The standard InChI is InChI=1S/C25H21N3O3S/c1-15-9-13-32-24(15)21-20(22(29)16-6-10-26-11-7-16)23(30)25(31)28(21)12-8-17-14-27-19-5-3-2-4-18(17)19/h2-7,9-11,13-14,21,27,29H,8,12H2,1H3/b22-20-. The zero-order valence-electron chi connectivity index (χ0n) is 17.4. The summed E-state index contributed by atoms with van der Waals surface area (Å²) < 4.78 is 0. The molecule has 4 heterocycles. The highest BCUT2D eigenvalue weighted by Gasteiger charge is 2.46. The molecule has 1 unspecified atom stereocenters. The van der Waals surface area contributed by atoms with Gasteiger partial charge >= 0.3 is 0 Å². The Labute approximate surface area is 188 Å². The number of ketones is 1. The van der Waals surface area contributed by atoms with Gasteiger partial charge in [0, 0.05) is 46.5 Å². The summed E-state index contributed by atoms with van der Waals surface area (Å²) in [6.45, 7) is 2.32. The van der Waals surface area contributed by atoms with E-state index in [0.717, 1.165) is 26.9 Å². The Hall–Kier alpha value is -3.71. The molecule has 4 aromatic rings. The van der Waals surface area contributed by atoms with Crippen LogP contribution in [0.25, 0.3) is 16.7 Å². The summed E-state index contributed by atoms with van der Waals surface area (Å²) in [7, 11) is 0. The molecule has 7 heteroatoms. The summed E-state index contributed by atoms with van der Waals surface area (Å²) in [6.07, 6.45) is 5.64. The van der Waals surface area contributed by atoms with Gasteiger partial charge in [-0.1, -0.05) is 18.2 Å². The number of carbonyl (C=O) groups is 2. The molecule has 5 rings (SSSR count). The Bertz CT molecular complexity index is 1350. The Morgan fingerprint density at radius 1 is 1.16 bits per heavy atom. The van der Waals surface area contributed by atoms with Gasteiger partial charge in [0.1, 0.15) is 5.76 Å². The van der Waals surface area contributed by atoms with Crippen LogP contribution in [0.4, 0.5) is 0 Å². The zero-order chi connectivity index (χ0) is 22.2. The predicted octanol–water partition coefficient (Wildman–Crippen LogP) is 4.60. The van der Waals surface area contributed by atoms with Crippen LogP contribution in [0, 0.1) is 6.92 Å². The number of para-hydroxylation sites is 1. The third-order valence-corrected chi connectivity index (χ3v) is 7.01. The number of amides is 1. The number of carbonyl (C=O) groups excluding carboxylic acids is 2. The van der Waals surface area contributed by atoms with Crippen LogP contribution in [0.2, 0.25) is 0 Å². The van der Waals surface area contributed by atoms with Crippen molar-refractivity contribution in [3.8, 4) is 0 Å². The van der Waals surface area contributed by atoms with Gasteiger partial charge in [-0.25, -0.2) is 0 Å². The maximum absolute atomic E-state index is 13.1. The summed E-state index contributed by atoms with van der Waals surface area (Å²) in [5, 5.41) is 14.1. The summed E-state index contributed by atoms with van der Waals surface area (Å²) in [5.74, 6) is -1.41. The van der Waals surface area contributed by atoms with E-state index in [2.05, 4.69) is 9.97 Å². The Morgan fingerprint density at radius 3 is 2.69 bits per heavy atom. The molecule has 6 nitrogen and oxygen atoms in total. The molecule has 1 aliphatic rings. The first-order valence-corrected chi connectivity index (χ1v) is 11.2. The fourth-order valence-electron chi connectivity index (χ4n) is 4.29. The second-order valence-corrected chi connectivity index (χ2v) is 8.75. The highest BCUT2D eigenvalue weighted by molar-refractivity contribution is 7.10. The monoisotopic (exact) mass is 443 g/mol. The summed E-state index contributed by atoms with van der Waals surface area (Å²) in [4.78, 5) is 35.9. The second-order valence-electron chi connectivity index (χ2n) is 7.81. The van der Waals surface area contributed by atoms with Crippen molar-refractivity contribution in [2.45, 2.75) is 19.4 Å². The van der Waals surface area contributed by atoms with Gasteiger partial charge < -0.3 is 15.0 Å². The van der Waals surface area contributed by atoms with Crippen molar-refractivity contribution >= 4 is 39.7 Å². The minimum Gasteiger partial charge on any atom is -0.507 e. The van der Waals surface area contributed by atoms with E-state index in [9.17, 15) is 14.7 Å². The van der Waals surface area contributed by atoms with Crippen LogP contribution in [-0.2, 0) is 16.0 Å². The third-order valence-electron chi connectivity index (χ3n) is 5.94.